The van der Waals surface area contributed by atoms with E-state index in [0.29, 0.717) is 0 Å². The van der Waals surface area contributed by atoms with E-state index in [9.17, 15) is 8.78 Å². The van der Waals surface area contributed by atoms with Crippen LogP contribution in [0.5, 0.6) is 5.75 Å². The van der Waals surface area contributed by atoms with Crippen LogP contribution in [-0.4, -0.2) is 6.10 Å². The molecule has 1 atom stereocenters. The van der Waals surface area contributed by atoms with Crippen molar-refractivity contribution in [2.45, 2.75) is 52.1 Å². The Balaban J connectivity index is 2.39. The molecule has 0 saturated carbocycles. The molecule has 0 aromatic heterocycles. The molecule has 17 heavy (non-hydrogen) atoms. The average Bonchev–Trinajstić information content (AvgIpc) is 2.31. The van der Waals surface area contributed by atoms with Gasteiger partial charge < -0.3 is 4.74 Å². The third-order valence-corrected chi connectivity index (χ3v) is 2.71. The van der Waals surface area contributed by atoms with Gasteiger partial charge in [-0.05, 0) is 31.9 Å². The summed E-state index contributed by atoms with van der Waals surface area (Å²) in [6, 6.07) is 4.01. The minimum Gasteiger partial charge on any atom is -0.488 e. The summed E-state index contributed by atoms with van der Waals surface area (Å²) in [6.07, 6.45) is 5.41. The number of hydrogen-bond donors (Lipinski definition) is 0. The topological polar surface area (TPSA) is 9.23 Å². The quantitative estimate of drug-likeness (QED) is 0.629. The van der Waals surface area contributed by atoms with Gasteiger partial charge in [-0.1, -0.05) is 32.3 Å². The summed E-state index contributed by atoms with van der Waals surface area (Å²) >= 11 is 0. The summed E-state index contributed by atoms with van der Waals surface area (Å²) in [7, 11) is 0. The molecule has 0 unspecified atom stereocenters. The molecule has 96 valence electrons. The van der Waals surface area contributed by atoms with E-state index in [1.165, 1.54) is 25.0 Å². The van der Waals surface area contributed by atoms with E-state index >= 15 is 0 Å². The normalized spacial score (nSPS) is 12.5. The molecule has 3 heteroatoms. The van der Waals surface area contributed by atoms with Crippen molar-refractivity contribution in [3.05, 3.63) is 29.8 Å². The lowest BCUT2D eigenvalue weighted by Crippen LogP contribution is -2.12. The van der Waals surface area contributed by atoms with Gasteiger partial charge in [0.25, 0.3) is 0 Å². The number of unbranched alkanes of at least 4 members (excludes halogenated alkanes) is 3. The van der Waals surface area contributed by atoms with Gasteiger partial charge in [0.1, 0.15) is 0 Å². The zero-order valence-electron chi connectivity index (χ0n) is 10.5. The molecule has 1 aromatic rings. The Bertz CT molecular complexity index is 339. The smallest absolute Gasteiger partial charge is 0.200 e. The highest BCUT2D eigenvalue weighted by Crippen LogP contribution is 2.21. The maximum Gasteiger partial charge on any atom is 0.200 e. The lowest BCUT2D eigenvalue weighted by atomic mass is 10.1. The fourth-order valence-electron chi connectivity index (χ4n) is 1.71. The van der Waals surface area contributed by atoms with Gasteiger partial charge >= 0.3 is 0 Å². The van der Waals surface area contributed by atoms with Crippen LogP contribution in [0.1, 0.15) is 46.0 Å². The standard InChI is InChI=1S/C14H20F2O/c1-3-4-5-6-8-11(2)17-13-10-7-9-12(15)14(13)16/h7,9-11H,3-6,8H2,1-2H3/t11-/m1/s1. The largest absolute Gasteiger partial charge is 0.488 e. The first-order valence-corrected chi connectivity index (χ1v) is 6.25. The Labute approximate surface area is 102 Å². The van der Waals surface area contributed by atoms with Crippen LogP contribution < -0.4 is 4.74 Å². The van der Waals surface area contributed by atoms with Crippen molar-refractivity contribution < 1.29 is 13.5 Å². The van der Waals surface area contributed by atoms with Crippen molar-refractivity contribution in [1.29, 1.82) is 0 Å². The Kier molecular flexibility index (Phi) is 5.95. The molecule has 0 aliphatic carbocycles. The highest BCUT2D eigenvalue weighted by molar-refractivity contribution is 5.25. The monoisotopic (exact) mass is 242 g/mol. The minimum atomic E-state index is -0.895. The molecular weight excluding hydrogens is 222 g/mol. The van der Waals surface area contributed by atoms with Crippen molar-refractivity contribution in [2.75, 3.05) is 0 Å². The van der Waals surface area contributed by atoms with E-state index < -0.39 is 11.6 Å². The summed E-state index contributed by atoms with van der Waals surface area (Å²) in [5, 5.41) is 0. The second-order valence-electron chi connectivity index (χ2n) is 4.33. The number of ether oxygens (including phenoxy) is 1. The second kappa shape index (κ2) is 7.25. The van der Waals surface area contributed by atoms with Crippen molar-refractivity contribution in [1.82, 2.24) is 0 Å². The van der Waals surface area contributed by atoms with Crippen LogP contribution in [0.2, 0.25) is 0 Å². The van der Waals surface area contributed by atoms with Crippen LogP contribution in [0.25, 0.3) is 0 Å². The van der Waals surface area contributed by atoms with Crippen molar-refractivity contribution in [2.24, 2.45) is 0 Å². The Hall–Kier alpha value is -1.12. The second-order valence-corrected chi connectivity index (χ2v) is 4.33. The third kappa shape index (κ3) is 4.72. The number of halogens is 2. The first-order valence-electron chi connectivity index (χ1n) is 6.25. The molecule has 0 bridgehead atoms. The summed E-state index contributed by atoms with van der Waals surface area (Å²) < 4.78 is 31.6. The molecule has 0 saturated heterocycles. The highest BCUT2D eigenvalue weighted by atomic mass is 19.2. The molecule has 1 aromatic carbocycles. The molecule has 0 amide bonds. The van der Waals surface area contributed by atoms with Gasteiger partial charge in [0.15, 0.2) is 11.6 Å². The van der Waals surface area contributed by atoms with Gasteiger partial charge in [0, 0.05) is 0 Å². The van der Waals surface area contributed by atoms with Crippen LogP contribution in [0.3, 0.4) is 0 Å². The van der Waals surface area contributed by atoms with Crippen LogP contribution in [-0.2, 0) is 0 Å². The lowest BCUT2D eigenvalue weighted by molar-refractivity contribution is 0.195. The fourth-order valence-corrected chi connectivity index (χ4v) is 1.71. The zero-order valence-corrected chi connectivity index (χ0v) is 10.5. The highest BCUT2D eigenvalue weighted by Gasteiger charge is 2.11. The van der Waals surface area contributed by atoms with Crippen LogP contribution in [0, 0.1) is 11.6 Å². The van der Waals surface area contributed by atoms with E-state index in [1.807, 2.05) is 6.92 Å². The fraction of sp³-hybridized carbons (Fsp3) is 0.571. The Morgan fingerprint density at radius 3 is 2.65 bits per heavy atom. The summed E-state index contributed by atoms with van der Waals surface area (Å²) in [5.41, 5.74) is 0. The minimum absolute atomic E-state index is 0.00740. The van der Waals surface area contributed by atoms with Gasteiger partial charge in [-0.2, -0.15) is 4.39 Å². The van der Waals surface area contributed by atoms with Gasteiger partial charge in [-0.15, -0.1) is 0 Å². The summed E-state index contributed by atoms with van der Waals surface area (Å²) in [6.45, 7) is 4.04. The van der Waals surface area contributed by atoms with Gasteiger partial charge in [0.05, 0.1) is 6.10 Å². The molecule has 0 spiro atoms. The third-order valence-electron chi connectivity index (χ3n) is 2.71. The van der Waals surface area contributed by atoms with Crippen LogP contribution in [0.15, 0.2) is 18.2 Å². The molecule has 0 aliphatic heterocycles. The first-order chi connectivity index (χ1) is 8.15. The Morgan fingerprint density at radius 1 is 1.18 bits per heavy atom. The Morgan fingerprint density at radius 2 is 1.94 bits per heavy atom. The summed E-state index contributed by atoms with van der Waals surface area (Å²) in [5.74, 6) is -1.75. The predicted octanol–water partition coefficient (Wildman–Crippen LogP) is 4.70. The molecule has 0 aliphatic rings. The maximum atomic E-state index is 13.3. The number of hydrogen-bond acceptors (Lipinski definition) is 1. The average molecular weight is 242 g/mol. The van der Waals surface area contributed by atoms with Crippen LogP contribution in [0.4, 0.5) is 8.78 Å². The van der Waals surface area contributed by atoms with Crippen molar-refractivity contribution in [3.8, 4) is 5.75 Å². The van der Waals surface area contributed by atoms with E-state index in [2.05, 4.69) is 6.92 Å². The van der Waals surface area contributed by atoms with Crippen molar-refractivity contribution >= 4 is 0 Å². The molecule has 0 fully saturated rings. The van der Waals surface area contributed by atoms with E-state index in [0.717, 1.165) is 25.3 Å². The molecule has 0 heterocycles. The predicted molar refractivity (Wildman–Crippen MR) is 65.2 cm³/mol. The SMILES string of the molecule is CCCCCC[C@@H](C)Oc1cccc(F)c1F. The molecule has 1 rings (SSSR count). The lowest BCUT2D eigenvalue weighted by Gasteiger charge is -2.15. The number of rotatable bonds is 7. The van der Waals surface area contributed by atoms with E-state index in [-0.39, 0.29) is 11.9 Å². The maximum absolute atomic E-state index is 13.3. The van der Waals surface area contributed by atoms with E-state index in [4.69, 9.17) is 4.74 Å². The first kappa shape index (κ1) is 13.9. The van der Waals surface area contributed by atoms with Gasteiger partial charge in [-0.25, -0.2) is 4.39 Å². The summed E-state index contributed by atoms with van der Waals surface area (Å²) in [4.78, 5) is 0. The van der Waals surface area contributed by atoms with Crippen molar-refractivity contribution in [3.63, 3.8) is 0 Å². The molecule has 0 radical (unpaired) electrons. The van der Waals surface area contributed by atoms with Gasteiger partial charge in [-0.3, -0.25) is 0 Å². The van der Waals surface area contributed by atoms with Gasteiger partial charge in [0.2, 0.25) is 5.82 Å². The van der Waals surface area contributed by atoms with E-state index in [1.54, 1.807) is 0 Å². The molecular formula is C14H20F2O. The zero-order chi connectivity index (χ0) is 12.7. The molecule has 1 nitrogen and oxygen atoms in total. The number of benzene rings is 1. The van der Waals surface area contributed by atoms with Crippen LogP contribution >= 0.6 is 0 Å². The molecule has 0 N–H and O–H groups in total.